The number of hydrogen-bond donors (Lipinski definition) is 4. The van der Waals surface area contributed by atoms with E-state index in [2.05, 4.69) is 21.3 Å². The van der Waals surface area contributed by atoms with Gasteiger partial charge in [-0.15, -0.1) is 0 Å². The Morgan fingerprint density at radius 1 is 0.534 bits per heavy atom. The molecule has 1 rings (SSSR count). The molecule has 0 spiro atoms. The van der Waals surface area contributed by atoms with Crippen LogP contribution in [0.1, 0.15) is 163 Å². The Kier molecular flexibility index (Phi) is 32.2. The van der Waals surface area contributed by atoms with Gasteiger partial charge in [0, 0.05) is 68.3 Å². The van der Waals surface area contributed by atoms with Crippen LogP contribution in [0.4, 0.5) is 0 Å². The Labute approximate surface area is 526 Å². The molecule has 502 valence electrons. The van der Waals surface area contributed by atoms with E-state index >= 15 is 9.59 Å². The number of likely N-dealkylation sites (N-methyl/N-ethyl adjacent to an activating group) is 7. The monoisotopic (exact) mass is 1240 g/mol. The van der Waals surface area contributed by atoms with Crippen LogP contribution in [0.2, 0.25) is 0 Å². The third-order valence-electron chi connectivity index (χ3n) is 16.4. The molecule has 1 aliphatic rings. The van der Waals surface area contributed by atoms with E-state index in [0.717, 1.165) is 14.7 Å². The Bertz CT molecular complexity index is 2460. The lowest BCUT2D eigenvalue weighted by Gasteiger charge is -2.40. The number of carbonyl (C=O) groups excluding carboxylic acids is 12. The largest absolute Gasteiger partial charge is 0.376 e. The van der Waals surface area contributed by atoms with Crippen LogP contribution in [-0.2, 0) is 62.3 Å². The summed E-state index contributed by atoms with van der Waals surface area (Å²) >= 11 is 0. The summed E-state index contributed by atoms with van der Waals surface area (Å²) in [7, 11) is 9.72. The van der Waals surface area contributed by atoms with Crippen LogP contribution < -0.4 is 21.3 Å². The minimum atomic E-state index is -1.82. The van der Waals surface area contributed by atoms with Gasteiger partial charge in [0.25, 0.3) is 5.91 Å². The van der Waals surface area contributed by atoms with Crippen LogP contribution >= 0.6 is 0 Å². The molecule has 11 atom stereocenters. The number of ketones is 1. The molecule has 11 amide bonds. The lowest BCUT2D eigenvalue weighted by atomic mass is 9.92. The van der Waals surface area contributed by atoms with E-state index in [1.165, 1.54) is 82.8 Å². The van der Waals surface area contributed by atoms with Crippen molar-refractivity contribution in [2.75, 3.05) is 62.5 Å². The number of nitrogens with zero attached hydrogens (tertiary/aromatic N) is 7. The number of rotatable bonds is 17. The zero-order chi connectivity index (χ0) is 68.3. The highest BCUT2D eigenvalue weighted by atomic mass is 16.5. The van der Waals surface area contributed by atoms with E-state index in [-0.39, 0.29) is 62.9 Å². The van der Waals surface area contributed by atoms with Crippen molar-refractivity contribution in [3.63, 3.8) is 0 Å². The molecule has 24 heteroatoms. The molecule has 24 nitrogen and oxygen atoms in total. The van der Waals surface area contributed by atoms with Crippen molar-refractivity contribution in [1.29, 1.82) is 0 Å². The molecular formula is C64H113N11O13. The Hall–Kier alpha value is -6.46. The number of hydrogen-bond acceptors (Lipinski definition) is 13. The van der Waals surface area contributed by atoms with Gasteiger partial charge in [-0.3, -0.25) is 57.5 Å². The van der Waals surface area contributed by atoms with Crippen molar-refractivity contribution in [3.8, 4) is 0 Å². The standard InChI is InChI=1S/C64H113N11O13/c1-26-29-30-41(14)53(77)52-57(81)67-44(27-2)59(83)69(19)35-49(76)70(20)48(34-64(17,18)88-28-3)56(80)68-50(39(10)11)62(86)71(21)45(31-36(4)5)55(79)65-42(15)54(78)66-43(16)58(82)72(22)46(32-37(6)7)60(84)73(23)47(33-38(8)9)61(85)74(24)51(40(12)13)63(87)75(52)25/h26,29,36-48,50-52H,27-28,30-35H2,1-25H3,(H,65,79)(H,66,78)(H,67,81)(H,68,80)/t41-,42+,43-,44+,45+,46+,47+,48+,50+,51+,52+/m1/s1. The summed E-state index contributed by atoms with van der Waals surface area (Å²) < 4.78 is 6.00. The number of carbonyl (C=O) groups is 12. The average molecular weight is 1240 g/mol. The van der Waals surface area contributed by atoms with Crippen molar-refractivity contribution in [2.45, 2.75) is 229 Å². The minimum absolute atomic E-state index is 0.0255. The Morgan fingerprint density at radius 3 is 1.47 bits per heavy atom. The second kappa shape index (κ2) is 35.7. The highest BCUT2D eigenvalue weighted by Gasteiger charge is 2.46. The van der Waals surface area contributed by atoms with E-state index in [0.29, 0.717) is 0 Å². The fraction of sp³-hybridized carbons (Fsp3) is 0.781. The van der Waals surface area contributed by atoms with E-state index in [9.17, 15) is 47.9 Å². The third-order valence-corrected chi connectivity index (χ3v) is 16.4. The number of allylic oxidation sites excluding steroid dienone is 2. The van der Waals surface area contributed by atoms with E-state index in [1.54, 1.807) is 81.4 Å². The van der Waals surface area contributed by atoms with E-state index in [1.807, 2.05) is 41.5 Å². The summed E-state index contributed by atoms with van der Waals surface area (Å²) in [5, 5.41) is 10.9. The number of amides is 11. The molecule has 0 bridgehead atoms. The van der Waals surface area contributed by atoms with Crippen molar-refractivity contribution >= 4 is 70.8 Å². The highest BCUT2D eigenvalue weighted by Crippen LogP contribution is 2.26. The maximum atomic E-state index is 15.1. The number of ether oxygens (including phenoxy) is 1. The zero-order valence-electron chi connectivity index (χ0n) is 58.0. The van der Waals surface area contributed by atoms with Crippen LogP contribution in [0.5, 0.6) is 0 Å². The van der Waals surface area contributed by atoms with Gasteiger partial charge in [0.2, 0.25) is 59.1 Å². The van der Waals surface area contributed by atoms with Crippen molar-refractivity contribution in [1.82, 2.24) is 55.6 Å². The maximum absolute atomic E-state index is 15.1. The van der Waals surface area contributed by atoms with E-state index in [4.69, 9.17) is 4.74 Å². The molecule has 0 aromatic carbocycles. The second-order valence-electron chi connectivity index (χ2n) is 26.7. The van der Waals surface area contributed by atoms with Crippen LogP contribution in [0, 0.1) is 35.5 Å². The highest BCUT2D eigenvalue weighted by molar-refractivity contribution is 6.10. The topological polar surface area (TPSA) is 285 Å². The molecule has 0 saturated carbocycles. The molecule has 1 fully saturated rings. The summed E-state index contributed by atoms with van der Waals surface area (Å²) in [5.74, 6) is -11.1. The van der Waals surface area contributed by atoms with Gasteiger partial charge in [-0.25, -0.2) is 0 Å². The first-order valence-electron chi connectivity index (χ1n) is 31.4. The molecule has 88 heavy (non-hydrogen) atoms. The van der Waals surface area contributed by atoms with Gasteiger partial charge in [-0.2, -0.15) is 0 Å². The van der Waals surface area contributed by atoms with Gasteiger partial charge < -0.3 is 60.3 Å². The second-order valence-corrected chi connectivity index (χ2v) is 26.7. The predicted molar refractivity (Wildman–Crippen MR) is 338 cm³/mol. The maximum Gasteiger partial charge on any atom is 0.251 e. The number of Topliss-reactive ketones (excluding diaryl/α,β-unsaturated/α-hetero) is 1. The summed E-state index contributed by atoms with van der Waals surface area (Å²) in [5.41, 5.74) is -1.01. The van der Waals surface area contributed by atoms with Crippen LogP contribution in [0.3, 0.4) is 0 Å². The summed E-state index contributed by atoms with van der Waals surface area (Å²) in [6.07, 6.45) is 3.99. The quantitative estimate of drug-likeness (QED) is 0.120. The fourth-order valence-electron chi connectivity index (χ4n) is 11.0. The molecule has 0 aromatic rings. The molecular weight excluding hydrogens is 1130 g/mol. The summed E-state index contributed by atoms with van der Waals surface area (Å²) in [4.78, 5) is 184. The molecule has 1 aliphatic heterocycles. The van der Waals surface area contributed by atoms with Crippen molar-refractivity contribution < 1.29 is 62.3 Å². The Balaban J connectivity index is 4.40. The van der Waals surface area contributed by atoms with Crippen LogP contribution in [0.25, 0.3) is 0 Å². The van der Waals surface area contributed by atoms with Crippen LogP contribution in [-0.4, -0.2) is 234 Å². The fourth-order valence-corrected chi connectivity index (χ4v) is 11.0. The van der Waals surface area contributed by atoms with Gasteiger partial charge in [0.15, 0.2) is 11.8 Å². The molecule has 0 unspecified atom stereocenters. The number of nitrogens with one attached hydrogen (secondary N) is 4. The first-order valence-corrected chi connectivity index (χ1v) is 31.4. The van der Waals surface area contributed by atoms with Crippen LogP contribution in [0.15, 0.2) is 12.2 Å². The molecule has 0 radical (unpaired) electrons. The van der Waals surface area contributed by atoms with Gasteiger partial charge in [-0.05, 0) is 103 Å². The lowest BCUT2D eigenvalue weighted by molar-refractivity contribution is -0.157. The predicted octanol–water partition coefficient (Wildman–Crippen LogP) is 3.64. The first-order chi connectivity index (χ1) is 40.6. The smallest absolute Gasteiger partial charge is 0.251 e. The third kappa shape index (κ3) is 22.2. The Morgan fingerprint density at radius 2 is 1.00 bits per heavy atom. The molecule has 1 saturated heterocycles. The lowest BCUT2D eigenvalue weighted by Crippen LogP contribution is -2.63. The van der Waals surface area contributed by atoms with Gasteiger partial charge >= 0.3 is 0 Å². The van der Waals surface area contributed by atoms with Gasteiger partial charge in [-0.1, -0.05) is 95.2 Å². The van der Waals surface area contributed by atoms with Gasteiger partial charge in [0.05, 0.1) is 12.1 Å². The molecule has 0 aromatic heterocycles. The molecule has 0 aliphatic carbocycles. The average Bonchev–Trinajstić information content (AvgIpc) is 1.57. The summed E-state index contributed by atoms with van der Waals surface area (Å²) in [6, 6.07) is -13.0. The summed E-state index contributed by atoms with van der Waals surface area (Å²) in [6.45, 7) is 30.7. The normalized spacial score (nSPS) is 26.1. The molecule has 4 N–H and O–H groups in total. The van der Waals surface area contributed by atoms with E-state index < -0.39 is 161 Å². The SMILES string of the molecule is CC=CC[C@@H](C)C(=O)[C@H]1C(=O)N[C@@H](CC)C(=O)N(C)CC(=O)N(C)[C@@H](CC(C)(C)OCC)C(=O)N[C@@H](C(C)C)C(=O)N(C)[C@@H](CC(C)C)C(=O)N[C@@H](C)C(=O)N[C@H](C)C(=O)N(C)[C@@H](CC(C)C)C(=O)N(C)[C@@H](CC(C)C)C(=O)N(C)[C@@H](C(C)C)C(=O)N1C. The zero-order valence-corrected chi connectivity index (χ0v) is 58.0. The first kappa shape index (κ1) is 79.6. The van der Waals surface area contributed by atoms with Crippen molar-refractivity contribution in [2.24, 2.45) is 35.5 Å². The minimum Gasteiger partial charge on any atom is -0.376 e. The van der Waals surface area contributed by atoms with Gasteiger partial charge in [0.1, 0.15) is 54.4 Å². The van der Waals surface area contributed by atoms with Crippen molar-refractivity contribution in [3.05, 3.63) is 12.2 Å². The molecule has 1 heterocycles.